The molecule has 2 atom stereocenters. The van der Waals surface area contributed by atoms with Gasteiger partial charge in [-0.2, -0.15) is 0 Å². The maximum atomic E-state index is 6.08. The Morgan fingerprint density at radius 3 is 2.63 bits per heavy atom. The van der Waals surface area contributed by atoms with E-state index in [-0.39, 0.29) is 0 Å². The van der Waals surface area contributed by atoms with Gasteiger partial charge in [-0.15, -0.1) is 0 Å². The van der Waals surface area contributed by atoms with Crippen molar-refractivity contribution in [2.75, 3.05) is 0 Å². The molecule has 1 aromatic carbocycles. The highest BCUT2D eigenvalue weighted by atomic mass is 35.5. The minimum absolute atomic E-state index is 0.616. The maximum absolute atomic E-state index is 6.08. The molecule has 3 rings (SSSR count). The van der Waals surface area contributed by atoms with Gasteiger partial charge in [0.15, 0.2) is 0 Å². The normalized spacial score (nSPS) is 25.3. The number of rotatable bonds is 3. The standard InChI is InChI=1S/C17H24ClN/c1-12(13-5-3-2-4-6-13)19-17-10-14-7-8-16(18)9-15(14)11-17/h7-9,12-13,17,19H,2-6,10-11H2,1H3/t12-,17?/m0/s1. The molecule has 2 heteroatoms. The summed E-state index contributed by atoms with van der Waals surface area (Å²) in [6.07, 6.45) is 9.45. The summed E-state index contributed by atoms with van der Waals surface area (Å²) in [6.45, 7) is 2.38. The summed E-state index contributed by atoms with van der Waals surface area (Å²) in [6, 6.07) is 7.64. The molecule has 104 valence electrons. The minimum Gasteiger partial charge on any atom is -0.311 e. The first kappa shape index (κ1) is 13.5. The lowest BCUT2D eigenvalue weighted by Gasteiger charge is -2.30. The second kappa shape index (κ2) is 5.85. The monoisotopic (exact) mass is 277 g/mol. The van der Waals surface area contributed by atoms with Gasteiger partial charge in [-0.3, -0.25) is 0 Å². The van der Waals surface area contributed by atoms with E-state index in [1.54, 1.807) is 0 Å². The average Bonchev–Trinajstić information content (AvgIpc) is 2.81. The van der Waals surface area contributed by atoms with Crippen molar-refractivity contribution >= 4 is 11.6 Å². The minimum atomic E-state index is 0.616. The quantitative estimate of drug-likeness (QED) is 0.865. The molecule has 0 radical (unpaired) electrons. The highest BCUT2D eigenvalue weighted by Gasteiger charge is 2.26. The van der Waals surface area contributed by atoms with Gasteiger partial charge in [0, 0.05) is 17.1 Å². The number of hydrogen-bond acceptors (Lipinski definition) is 1. The molecule has 0 saturated heterocycles. The van der Waals surface area contributed by atoms with Crippen LogP contribution in [0.25, 0.3) is 0 Å². The van der Waals surface area contributed by atoms with Crippen LogP contribution < -0.4 is 5.32 Å². The van der Waals surface area contributed by atoms with E-state index >= 15 is 0 Å². The van der Waals surface area contributed by atoms with Crippen molar-refractivity contribution in [3.05, 3.63) is 34.3 Å². The molecule has 0 heterocycles. The molecule has 1 fully saturated rings. The van der Waals surface area contributed by atoms with E-state index in [0.29, 0.717) is 12.1 Å². The highest BCUT2D eigenvalue weighted by molar-refractivity contribution is 6.30. The van der Waals surface area contributed by atoms with E-state index < -0.39 is 0 Å². The van der Waals surface area contributed by atoms with E-state index in [0.717, 1.165) is 17.4 Å². The topological polar surface area (TPSA) is 12.0 Å². The molecule has 2 aliphatic carbocycles. The summed E-state index contributed by atoms with van der Waals surface area (Å²) in [5.41, 5.74) is 2.93. The molecule has 2 aliphatic rings. The van der Waals surface area contributed by atoms with Crippen molar-refractivity contribution in [1.29, 1.82) is 0 Å². The van der Waals surface area contributed by atoms with Crippen molar-refractivity contribution in [1.82, 2.24) is 5.32 Å². The van der Waals surface area contributed by atoms with Gasteiger partial charge in [0.05, 0.1) is 0 Å². The molecule has 0 aromatic heterocycles. The lowest BCUT2D eigenvalue weighted by atomic mass is 9.84. The number of benzene rings is 1. The van der Waals surface area contributed by atoms with Crippen LogP contribution in [0.3, 0.4) is 0 Å². The first-order chi connectivity index (χ1) is 9.22. The van der Waals surface area contributed by atoms with Crippen LogP contribution in [-0.4, -0.2) is 12.1 Å². The van der Waals surface area contributed by atoms with E-state index in [2.05, 4.69) is 24.4 Å². The molecule has 0 aliphatic heterocycles. The molecule has 1 aromatic rings. The summed E-state index contributed by atoms with van der Waals surface area (Å²) in [5.74, 6) is 0.890. The molecular weight excluding hydrogens is 254 g/mol. The Morgan fingerprint density at radius 1 is 1.11 bits per heavy atom. The third-order valence-electron chi connectivity index (χ3n) is 4.96. The Balaban J connectivity index is 1.57. The van der Waals surface area contributed by atoms with Gasteiger partial charge in [0.25, 0.3) is 0 Å². The lowest BCUT2D eigenvalue weighted by molar-refractivity contribution is 0.265. The van der Waals surface area contributed by atoms with Crippen LogP contribution in [-0.2, 0) is 12.8 Å². The fourth-order valence-corrected chi connectivity index (χ4v) is 4.04. The van der Waals surface area contributed by atoms with Crippen LogP contribution in [0, 0.1) is 5.92 Å². The Bertz CT molecular complexity index is 437. The Morgan fingerprint density at radius 2 is 1.84 bits per heavy atom. The zero-order valence-corrected chi connectivity index (χ0v) is 12.5. The smallest absolute Gasteiger partial charge is 0.0408 e. The van der Waals surface area contributed by atoms with Crippen LogP contribution in [0.5, 0.6) is 0 Å². The molecule has 1 saturated carbocycles. The predicted octanol–water partition coefficient (Wildman–Crippen LogP) is 4.37. The molecule has 0 amide bonds. The van der Waals surface area contributed by atoms with E-state index in [1.165, 1.54) is 49.7 Å². The zero-order valence-electron chi connectivity index (χ0n) is 11.8. The first-order valence-electron chi connectivity index (χ1n) is 7.76. The van der Waals surface area contributed by atoms with Crippen LogP contribution >= 0.6 is 11.6 Å². The van der Waals surface area contributed by atoms with E-state index in [9.17, 15) is 0 Å². The van der Waals surface area contributed by atoms with Gasteiger partial charge < -0.3 is 5.32 Å². The van der Waals surface area contributed by atoms with Crippen LogP contribution in [0.1, 0.15) is 50.2 Å². The predicted molar refractivity (Wildman–Crippen MR) is 81.8 cm³/mol. The number of nitrogens with one attached hydrogen (secondary N) is 1. The number of hydrogen-bond donors (Lipinski definition) is 1. The van der Waals surface area contributed by atoms with Gasteiger partial charge in [-0.25, -0.2) is 0 Å². The van der Waals surface area contributed by atoms with Gasteiger partial charge in [0.2, 0.25) is 0 Å². The van der Waals surface area contributed by atoms with Gasteiger partial charge >= 0.3 is 0 Å². The Hall–Kier alpha value is -0.530. The molecule has 1 unspecified atom stereocenters. The SMILES string of the molecule is C[C@H](NC1Cc2ccc(Cl)cc2C1)C1CCCCC1. The van der Waals surface area contributed by atoms with E-state index in [4.69, 9.17) is 11.6 Å². The second-order valence-electron chi connectivity index (χ2n) is 6.37. The third kappa shape index (κ3) is 3.14. The van der Waals surface area contributed by atoms with Crippen molar-refractivity contribution < 1.29 is 0 Å². The summed E-state index contributed by atoms with van der Waals surface area (Å²) < 4.78 is 0. The molecular formula is C17H24ClN. The van der Waals surface area contributed by atoms with Gasteiger partial charge in [-0.05, 0) is 61.8 Å². The van der Waals surface area contributed by atoms with E-state index in [1.807, 2.05) is 6.07 Å². The summed E-state index contributed by atoms with van der Waals surface area (Å²) in [5, 5.41) is 4.75. The largest absolute Gasteiger partial charge is 0.311 e. The van der Waals surface area contributed by atoms with Crippen molar-refractivity contribution in [2.45, 2.75) is 64.0 Å². The van der Waals surface area contributed by atoms with Crippen molar-refractivity contribution in [3.63, 3.8) is 0 Å². The Labute approximate surface area is 121 Å². The van der Waals surface area contributed by atoms with Crippen LogP contribution in [0.15, 0.2) is 18.2 Å². The molecule has 0 bridgehead atoms. The summed E-state index contributed by atoms with van der Waals surface area (Å²) in [7, 11) is 0. The van der Waals surface area contributed by atoms with Crippen molar-refractivity contribution in [3.8, 4) is 0 Å². The summed E-state index contributed by atoms with van der Waals surface area (Å²) in [4.78, 5) is 0. The molecule has 1 N–H and O–H groups in total. The fraction of sp³-hybridized carbons (Fsp3) is 0.647. The Kier molecular flexibility index (Phi) is 4.14. The highest BCUT2D eigenvalue weighted by Crippen LogP contribution is 2.29. The number of halogens is 1. The van der Waals surface area contributed by atoms with Crippen molar-refractivity contribution in [2.24, 2.45) is 5.92 Å². The first-order valence-corrected chi connectivity index (χ1v) is 8.13. The summed E-state index contributed by atoms with van der Waals surface area (Å²) >= 11 is 6.08. The number of fused-ring (bicyclic) bond motifs is 1. The zero-order chi connectivity index (χ0) is 13.2. The molecule has 1 nitrogen and oxygen atoms in total. The van der Waals surface area contributed by atoms with Gasteiger partial charge in [0.1, 0.15) is 0 Å². The molecule has 0 spiro atoms. The molecule has 19 heavy (non-hydrogen) atoms. The second-order valence-corrected chi connectivity index (χ2v) is 6.81. The van der Waals surface area contributed by atoms with Crippen LogP contribution in [0.4, 0.5) is 0 Å². The van der Waals surface area contributed by atoms with Crippen LogP contribution in [0.2, 0.25) is 5.02 Å². The third-order valence-corrected chi connectivity index (χ3v) is 5.19. The lowest BCUT2D eigenvalue weighted by Crippen LogP contribution is -2.42. The fourth-order valence-electron chi connectivity index (χ4n) is 3.85. The van der Waals surface area contributed by atoms with Gasteiger partial charge in [-0.1, -0.05) is 36.9 Å². The maximum Gasteiger partial charge on any atom is 0.0408 e. The average molecular weight is 278 g/mol.